The molecule has 134 valence electrons. The van der Waals surface area contributed by atoms with E-state index in [0.29, 0.717) is 18.5 Å². The minimum Gasteiger partial charge on any atom is -0.308 e. The zero-order valence-electron chi connectivity index (χ0n) is 15.3. The van der Waals surface area contributed by atoms with Crippen molar-refractivity contribution in [3.05, 3.63) is 75.4 Å². The topological polar surface area (TPSA) is 46.7 Å². The van der Waals surface area contributed by atoms with Gasteiger partial charge in [-0.25, -0.2) is 4.79 Å². The van der Waals surface area contributed by atoms with Gasteiger partial charge in [0.1, 0.15) is 0 Å². The third-order valence-corrected chi connectivity index (χ3v) is 5.34. The van der Waals surface area contributed by atoms with Crippen LogP contribution in [0.4, 0.5) is 0 Å². The zero-order valence-corrected chi connectivity index (χ0v) is 15.3. The lowest BCUT2D eigenvalue weighted by Gasteiger charge is -2.12. The number of para-hydroxylation sites is 1. The molecule has 2 heterocycles. The van der Waals surface area contributed by atoms with E-state index in [1.54, 1.807) is 4.40 Å². The van der Waals surface area contributed by atoms with Crippen LogP contribution < -0.4 is 11.2 Å². The molecule has 0 aliphatic rings. The summed E-state index contributed by atoms with van der Waals surface area (Å²) in [6, 6.07) is 17.9. The van der Waals surface area contributed by atoms with Gasteiger partial charge < -0.3 is 4.90 Å². The molecule has 5 nitrogen and oxygen atoms in total. The molecule has 27 heavy (non-hydrogen) atoms. The van der Waals surface area contributed by atoms with E-state index in [1.165, 1.54) is 4.57 Å². The van der Waals surface area contributed by atoms with Crippen molar-refractivity contribution in [1.82, 2.24) is 13.9 Å². The third-order valence-electron chi connectivity index (χ3n) is 5.34. The first-order valence-corrected chi connectivity index (χ1v) is 9.04. The van der Waals surface area contributed by atoms with Crippen molar-refractivity contribution in [2.24, 2.45) is 0 Å². The van der Waals surface area contributed by atoms with Crippen LogP contribution in [-0.4, -0.2) is 34.5 Å². The van der Waals surface area contributed by atoms with Crippen LogP contribution in [0.3, 0.4) is 0 Å². The van der Waals surface area contributed by atoms with Gasteiger partial charge in [-0.05, 0) is 25.5 Å². The number of likely N-dealkylation sites (N-methyl/N-ethyl adjacent to an activating group) is 1. The van der Waals surface area contributed by atoms with Crippen LogP contribution >= 0.6 is 0 Å². The number of fused-ring (bicyclic) bond motifs is 5. The molecule has 0 atom stereocenters. The largest absolute Gasteiger partial charge is 0.336 e. The molecule has 0 bridgehead atoms. The number of benzene rings is 3. The molecule has 0 saturated heterocycles. The molecule has 3 aromatic carbocycles. The molecule has 0 spiro atoms. The van der Waals surface area contributed by atoms with Crippen molar-refractivity contribution in [3.8, 4) is 0 Å². The minimum atomic E-state index is -0.267. The Balaban J connectivity index is 2.06. The Kier molecular flexibility index (Phi) is 3.36. The number of hydrogen-bond donors (Lipinski definition) is 0. The number of aromatic nitrogens is 2. The third kappa shape index (κ3) is 2.15. The average molecular weight is 357 g/mol. The first-order valence-electron chi connectivity index (χ1n) is 9.04. The van der Waals surface area contributed by atoms with E-state index in [2.05, 4.69) is 6.07 Å². The second kappa shape index (κ2) is 5.66. The van der Waals surface area contributed by atoms with Crippen molar-refractivity contribution < 1.29 is 0 Å². The maximum atomic E-state index is 13.4. The van der Waals surface area contributed by atoms with Gasteiger partial charge in [0.25, 0.3) is 5.56 Å². The van der Waals surface area contributed by atoms with Gasteiger partial charge >= 0.3 is 5.69 Å². The van der Waals surface area contributed by atoms with Crippen molar-refractivity contribution in [1.29, 1.82) is 0 Å². The lowest BCUT2D eigenvalue weighted by Crippen LogP contribution is -2.39. The summed E-state index contributed by atoms with van der Waals surface area (Å²) in [6.07, 6.45) is 0. The molecule has 0 aliphatic carbocycles. The van der Waals surface area contributed by atoms with E-state index in [-0.39, 0.29) is 11.2 Å². The smallest absolute Gasteiger partial charge is 0.308 e. The van der Waals surface area contributed by atoms with Gasteiger partial charge in [0.2, 0.25) is 0 Å². The van der Waals surface area contributed by atoms with E-state index in [0.717, 1.165) is 32.6 Å². The van der Waals surface area contributed by atoms with Crippen molar-refractivity contribution in [3.63, 3.8) is 0 Å². The number of rotatable bonds is 3. The van der Waals surface area contributed by atoms with Gasteiger partial charge in [-0.2, -0.15) is 0 Å². The molecule has 2 aromatic heterocycles. The highest BCUT2D eigenvalue weighted by molar-refractivity contribution is 6.20. The molecule has 5 rings (SSSR count). The molecule has 0 aliphatic heterocycles. The Morgan fingerprint density at radius 2 is 1.44 bits per heavy atom. The lowest BCUT2D eigenvalue weighted by molar-refractivity contribution is 0.376. The summed E-state index contributed by atoms with van der Waals surface area (Å²) in [5.41, 5.74) is 1.12. The molecule has 0 N–H and O–H groups in total. The summed E-state index contributed by atoms with van der Waals surface area (Å²) in [7, 11) is 3.87. The first kappa shape index (κ1) is 16.0. The molecule has 0 fully saturated rings. The van der Waals surface area contributed by atoms with Crippen molar-refractivity contribution in [2.75, 3.05) is 20.6 Å². The second-order valence-electron chi connectivity index (χ2n) is 7.26. The summed E-state index contributed by atoms with van der Waals surface area (Å²) >= 11 is 0. The maximum absolute atomic E-state index is 13.4. The van der Waals surface area contributed by atoms with Crippen LogP contribution in [0.5, 0.6) is 0 Å². The summed E-state index contributed by atoms with van der Waals surface area (Å²) in [5.74, 6) is 0. The van der Waals surface area contributed by atoms with Crippen LogP contribution in [0.2, 0.25) is 0 Å². The van der Waals surface area contributed by atoms with Crippen LogP contribution in [0.1, 0.15) is 0 Å². The molecule has 0 radical (unpaired) electrons. The lowest BCUT2D eigenvalue weighted by atomic mass is 10.1. The van der Waals surface area contributed by atoms with Gasteiger partial charge in [0.15, 0.2) is 0 Å². The molecule has 5 heteroatoms. The van der Waals surface area contributed by atoms with Gasteiger partial charge in [-0.1, -0.05) is 48.5 Å². The maximum Gasteiger partial charge on any atom is 0.336 e. The fourth-order valence-electron chi connectivity index (χ4n) is 4.04. The second-order valence-corrected chi connectivity index (χ2v) is 7.26. The Morgan fingerprint density at radius 1 is 0.778 bits per heavy atom. The van der Waals surface area contributed by atoms with Crippen LogP contribution in [0.15, 0.2) is 64.2 Å². The highest BCUT2D eigenvalue weighted by atomic mass is 16.2. The minimum absolute atomic E-state index is 0.216. The highest BCUT2D eigenvalue weighted by Crippen LogP contribution is 2.33. The van der Waals surface area contributed by atoms with E-state index in [4.69, 9.17) is 0 Å². The molecule has 0 amide bonds. The summed E-state index contributed by atoms with van der Waals surface area (Å²) < 4.78 is 3.10. The van der Waals surface area contributed by atoms with E-state index in [9.17, 15) is 9.59 Å². The predicted octanol–water partition coefficient (Wildman–Crippen LogP) is 2.92. The summed E-state index contributed by atoms with van der Waals surface area (Å²) in [4.78, 5) is 28.4. The monoisotopic (exact) mass is 357 g/mol. The van der Waals surface area contributed by atoms with Crippen LogP contribution in [0.25, 0.3) is 38.0 Å². The van der Waals surface area contributed by atoms with Crippen molar-refractivity contribution in [2.45, 2.75) is 6.54 Å². The van der Waals surface area contributed by atoms with Crippen molar-refractivity contribution >= 4 is 38.0 Å². The Labute approximate surface area is 155 Å². The zero-order chi connectivity index (χ0) is 18.7. The highest BCUT2D eigenvalue weighted by Gasteiger charge is 2.19. The van der Waals surface area contributed by atoms with Gasteiger partial charge in [0, 0.05) is 29.2 Å². The predicted molar refractivity (Wildman–Crippen MR) is 110 cm³/mol. The summed E-state index contributed by atoms with van der Waals surface area (Å²) in [6.45, 7) is 0.994. The molecule has 0 saturated carbocycles. The Hall–Kier alpha value is -3.18. The number of hydrogen-bond acceptors (Lipinski definition) is 3. The fraction of sp³-hybridized carbons (Fsp3) is 0.182. The van der Waals surface area contributed by atoms with Gasteiger partial charge in [-0.15, -0.1) is 0 Å². The van der Waals surface area contributed by atoms with E-state index < -0.39 is 0 Å². The van der Waals surface area contributed by atoms with E-state index in [1.807, 2.05) is 67.5 Å². The fourth-order valence-corrected chi connectivity index (χ4v) is 4.04. The summed E-state index contributed by atoms with van der Waals surface area (Å²) in [5, 5.41) is 4.64. The molecular formula is C22H19N3O2. The van der Waals surface area contributed by atoms with Crippen LogP contribution in [0, 0.1) is 0 Å². The first-order chi connectivity index (χ1) is 13.1. The standard InChI is InChI=1S/C22H19N3O2/c1-23(2)12-13-24-21(26)18-9-5-8-16-17-11-10-14-6-3-4-7-15(14)19(17)25(20(16)18)22(24)27/h3-11H,12-13H2,1-2H3. The SMILES string of the molecule is CN(C)CCn1c(=O)c2cccc3c4ccc5ccccc5c4n(c1=O)c23. The van der Waals surface area contributed by atoms with Gasteiger partial charge in [0.05, 0.1) is 16.4 Å². The normalized spacial score (nSPS) is 12.3. The molecule has 5 aromatic rings. The number of nitrogens with zero attached hydrogens (tertiary/aromatic N) is 3. The Bertz CT molecular complexity index is 1440. The average Bonchev–Trinajstić information content (AvgIpc) is 3.02. The van der Waals surface area contributed by atoms with Gasteiger partial charge in [-0.3, -0.25) is 13.8 Å². The quantitative estimate of drug-likeness (QED) is 0.499. The molecular weight excluding hydrogens is 338 g/mol. The Morgan fingerprint density at radius 3 is 2.26 bits per heavy atom. The van der Waals surface area contributed by atoms with E-state index >= 15 is 0 Å². The molecule has 0 unspecified atom stereocenters. The van der Waals surface area contributed by atoms with Crippen LogP contribution in [-0.2, 0) is 6.54 Å².